The van der Waals surface area contributed by atoms with Gasteiger partial charge < -0.3 is 11.1 Å². The normalized spacial score (nSPS) is 19.0. The quantitative estimate of drug-likeness (QED) is 0.725. The Bertz CT molecular complexity index is 318. The number of hydrogen-bond acceptors (Lipinski definition) is 2. The SMILES string of the molecule is NCCNC1C=Cc2ccccc21. The van der Waals surface area contributed by atoms with Crippen molar-refractivity contribution in [2.24, 2.45) is 5.73 Å². The molecule has 68 valence electrons. The van der Waals surface area contributed by atoms with Gasteiger partial charge in [0, 0.05) is 13.1 Å². The average molecular weight is 174 g/mol. The van der Waals surface area contributed by atoms with Crippen LogP contribution in [-0.2, 0) is 0 Å². The van der Waals surface area contributed by atoms with Crippen LogP contribution in [0.3, 0.4) is 0 Å². The zero-order chi connectivity index (χ0) is 9.10. The van der Waals surface area contributed by atoms with E-state index in [9.17, 15) is 0 Å². The van der Waals surface area contributed by atoms with Crippen LogP contribution in [0.5, 0.6) is 0 Å². The summed E-state index contributed by atoms with van der Waals surface area (Å²) < 4.78 is 0. The van der Waals surface area contributed by atoms with Crippen LogP contribution >= 0.6 is 0 Å². The van der Waals surface area contributed by atoms with Crippen LogP contribution in [-0.4, -0.2) is 13.1 Å². The molecule has 3 N–H and O–H groups in total. The summed E-state index contributed by atoms with van der Waals surface area (Å²) in [5.74, 6) is 0. The van der Waals surface area contributed by atoms with Crippen molar-refractivity contribution < 1.29 is 0 Å². The van der Waals surface area contributed by atoms with Crippen molar-refractivity contribution >= 4 is 6.08 Å². The van der Waals surface area contributed by atoms with E-state index in [-0.39, 0.29) is 0 Å². The molecule has 1 aliphatic rings. The van der Waals surface area contributed by atoms with Gasteiger partial charge in [0.15, 0.2) is 0 Å². The maximum absolute atomic E-state index is 5.44. The molecule has 0 amide bonds. The molecule has 0 fully saturated rings. The maximum atomic E-state index is 5.44. The molecular weight excluding hydrogens is 160 g/mol. The van der Waals surface area contributed by atoms with Gasteiger partial charge in [-0.3, -0.25) is 0 Å². The third-order valence-electron chi connectivity index (χ3n) is 2.31. The van der Waals surface area contributed by atoms with Crippen LogP contribution in [0.1, 0.15) is 17.2 Å². The molecule has 0 aliphatic heterocycles. The minimum Gasteiger partial charge on any atom is -0.329 e. The third kappa shape index (κ3) is 1.64. The van der Waals surface area contributed by atoms with E-state index in [0.717, 1.165) is 6.54 Å². The minimum atomic E-state index is 0.361. The van der Waals surface area contributed by atoms with Crippen LogP contribution in [0.2, 0.25) is 0 Å². The Morgan fingerprint density at radius 3 is 3.00 bits per heavy atom. The Kier molecular flexibility index (Phi) is 2.43. The van der Waals surface area contributed by atoms with Crippen molar-refractivity contribution in [2.75, 3.05) is 13.1 Å². The minimum absolute atomic E-state index is 0.361. The summed E-state index contributed by atoms with van der Waals surface area (Å²) in [5, 5.41) is 3.38. The van der Waals surface area contributed by atoms with E-state index in [0.29, 0.717) is 12.6 Å². The Morgan fingerprint density at radius 1 is 1.31 bits per heavy atom. The van der Waals surface area contributed by atoms with Crippen molar-refractivity contribution in [3.05, 3.63) is 41.5 Å². The first-order chi connectivity index (χ1) is 6.42. The molecule has 1 aliphatic carbocycles. The van der Waals surface area contributed by atoms with Gasteiger partial charge in [-0.2, -0.15) is 0 Å². The Hall–Kier alpha value is -1.12. The van der Waals surface area contributed by atoms with Crippen molar-refractivity contribution in [3.8, 4) is 0 Å². The molecule has 0 aromatic heterocycles. The van der Waals surface area contributed by atoms with Crippen LogP contribution in [0.4, 0.5) is 0 Å². The van der Waals surface area contributed by atoms with Gasteiger partial charge in [-0.05, 0) is 11.1 Å². The Labute approximate surface area is 78.5 Å². The summed E-state index contributed by atoms with van der Waals surface area (Å²) in [6.07, 6.45) is 4.34. The van der Waals surface area contributed by atoms with Crippen molar-refractivity contribution in [1.29, 1.82) is 0 Å². The summed E-state index contributed by atoms with van der Waals surface area (Å²) in [4.78, 5) is 0. The molecule has 0 bridgehead atoms. The van der Waals surface area contributed by atoms with Gasteiger partial charge in [0.2, 0.25) is 0 Å². The van der Waals surface area contributed by atoms with E-state index < -0.39 is 0 Å². The molecule has 0 heterocycles. The molecule has 1 aromatic rings. The largest absolute Gasteiger partial charge is 0.329 e. The highest BCUT2D eigenvalue weighted by atomic mass is 14.9. The predicted molar refractivity (Wildman–Crippen MR) is 55.3 cm³/mol. The van der Waals surface area contributed by atoms with E-state index in [1.807, 2.05) is 0 Å². The van der Waals surface area contributed by atoms with E-state index >= 15 is 0 Å². The van der Waals surface area contributed by atoms with Gasteiger partial charge in [0.05, 0.1) is 6.04 Å². The first-order valence-electron chi connectivity index (χ1n) is 4.62. The summed E-state index contributed by atoms with van der Waals surface area (Å²) in [6, 6.07) is 8.79. The number of rotatable bonds is 3. The molecule has 0 radical (unpaired) electrons. The second kappa shape index (κ2) is 3.73. The molecule has 0 saturated carbocycles. The van der Waals surface area contributed by atoms with Gasteiger partial charge in [-0.1, -0.05) is 36.4 Å². The highest BCUT2D eigenvalue weighted by Gasteiger charge is 2.14. The van der Waals surface area contributed by atoms with Gasteiger partial charge in [-0.15, -0.1) is 0 Å². The fourth-order valence-electron chi connectivity index (χ4n) is 1.67. The van der Waals surface area contributed by atoms with E-state index in [4.69, 9.17) is 5.73 Å². The van der Waals surface area contributed by atoms with Crippen LogP contribution in [0.15, 0.2) is 30.3 Å². The number of hydrogen-bond donors (Lipinski definition) is 2. The van der Waals surface area contributed by atoms with Gasteiger partial charge in [0.25, 0.3) is 0 Å². The predicted octanol–water partition coefficient (Wildman–Crippen LogP) is 1.30. The molecule has 2 heteroatoms. The fraction of sp³-hybridized carbons (Fsp3) is 0.273. The molecule has 13 heavy (non-hydrogen) atoms. The maximum Gasteiger partial charge on any atom is 0.0515 e. The van der Waals surface area contributed by atoms with Gasteiger partial charge in [0.1, 0.15) is 0 Å². The van der Waals surface area contributed by atoms with E-state index in [1.165, 1.54) is 11.1 Å². The van der Waals surface area contributed by atoms with Gasteiger partial charge in [-0.25, -0.2) is 0 Å². The summed E-state index contributed by atoms with van der Waals surface area (Å²) in [5.41, 5.74) is 8.11. The lowest BCUT2D eigenvalue weighted by Crippen LogP contribution is -2.25. The zero-order valence-corrected chi connectivity index (χ0v) is 7.53. The third-order valence-corrected chi connectivity index (χ3v) is 2.31. The molecule has 2 rings (SSSR count). The van der Waals surface area contributed by atoms with Crippen molar-refractivity contribution in [3.63, 3.8) is 0 Å². The second-order valence-electron chi connectivity index (χ2n) is 3.21. The second-order valence-corrected chi connectivity index (χ2v) is 3.21. The monoisotopic (exact) mass is 174 g/mol. The fourth-order valence-corrected chi connectivity index (χ4v) is 1.67. The number of fused-ring (bicyclic) bond motifs is 1. The first kappa shape index (κ1) is 8.48. The first-order valence-corrected chi connectivity index (χ1v) is 4.62. The molecule has 0 spiro atoms. The van der Waals surface area contributed by atoms with Crippen LogP contribution in [0, 0.1) is 0 Å². The molecule has 0 saturated heterocycles. The average Bonchev–Trinajstić information content (AvgIpc) is 2.58. The van der Waals surface area contributed by atoms with Crippen molar-refractivity contribution in [1.82, 2.24) is 5.32 Å². The zero-order valence-electron chi connectivity index (χ0n) is 7.53. The summed E-state index contributed by atoms with van der Waals surface area (Å²) in [6.45, 7) is 1.55. The number of nitrogens with one attached hydrogen (secondary N) is 1. The van der Waals surface area contributed by atoms with Crippen LogP contribution < -0.4 is 11.1 Å². The molecule has 1 unspecified atom stereocenters. The molecule has 1 atom stereocenters. The highest BCUT2D eigenvalue weighted by molar-refractivity contribution is 5.61. The molecular formula is C11H14N2. The standard InChI is InChI=1S/C11H14N2/c12-7-8-13-11-6-5-9-3-1-2-4-10(9)11/h1-6,11,13H,7-8,12H2. The Balaban J connectivity index is 2.14. The number of benzene rings is 1. The summed E-state index contributed by atoms with van der Waals surface area (Å²) >= 11 is 0. The van der Waals surface area contributed by atoms with Crippen molar-refractivity contribution in [2.45, 2.75) is 6.04 Å². The smallest absolute Gasteiger partial charge is 0.0515 e. The van der Waals surface area contributed by atoms with E-state index in [2.05, 4.69) is 41.7 Å². The lowest BCUT2D eigenvalue weighted by molar-refractivity contribution is 0.634. The molecule has 1 aromatic carbocycles. The lowest BCUT2D eigenvalue weighted by Gasteiger charge is -2.11. The molecule has 2 nitrogen and oxygen atoms in total. The van der Waals surface area contributed by atoms with Crippen LogP contribution in [0.25, 0.3) is 6.08 Å². The van der Waals surface area contributed by atoms with Gasteiger partial charge >= 0.3 is 0 Å². The van der Waals surface area contributed by atoms with E-state index in [1.54, 1.807) is 0 Å². The lowest BCUT2D eigenvalue weighted by atomic mass is 10.1. The Morgan fingerprint density at radius 2 is 2.15 bits per heavy atom. The highest BCUT2D eigenvalue weighted by Crippen LogP contribution is 2.27. The number of nitrogens with two attached hydrogens (primary N) is 1. The topological polar surface area (TPSA) is 38.0 Å². The summed E-state index contributed by atoms with van der Waals surface area (Å²) in [7, 11) is 0.